The molecular weight excluding hydrogens is 336 g/mol. The summed E-state index contributed by atoms with van der Waals surface area (Å²) in [4.78, 5) is 8.19. The summed E-state index contributed by atoms with van der Waals surface area (Å²) in [6.45, 7) is 3.82. The van der Waals surface area contributed by atoms with Gasteiger partial charge < -0.3 is 20.5 Å². The van der Waals surface area contributed by atoms with Crippen molar-refractivity contribution in [1.82, 2.24) is 9.97 Å². The van der Waals surface area contributed by atoms with Crippen LogP contribution in [-0.2, 0) is 0 Å². The summed E-state index contributed by atoms with van der Waals surface area (Å²) in [5.41, 5.74) is 7.14. The van der Waals surface area contributed by atoms with Crippen LogP contribution in [0, 0.1) is 0 Å². The largest absolute Gasteiger partial charge is 0.495 e. The minimum atomic E-state index is -0.0181. The second-order valence-electron chi connectivity index (χ2n) is 4.58. The Bertz CT molecular complexity index is 634. The molecule has 0 aliphatic carbocycles. The van der Waals surface area contributed by atoms with Crippen LogP contribution in [0.2, 0.25) is 0 Å². The first-order valence-corrected chi connectivity index (χ1v) is 7.18. The fraction of sp³-hybridized carbons (Fsp3) is 0.286. The average Bonchev–Trinajstić information content (AvgIpc) is 2.43. The highest BCUT2D eigenvalue weighted by Crippen LogP contribution is 2.33. The van der Waals surface area contributed by atoms with Crippen molar-refractivity contribution >= 4 is 33.1 Å². The number of methoxy groups -OCH3 is 1. The summed E-state index contributed by atoms with van der Waals surface area (Å²) >= 11 is 3.42. The number of nitrogens with one attached hydrogen (secondary N) is 1. The lowest BCUT2D eigenvalue weighted by atomic mass is 10.3. The van der Waals surface area contributed by atoms with E-state index in [1.54, 1.807) is 7.11 Å². The topological polar surface area (TPSA) is 82.3 Å². The minimum absolute atomic E-state index is 0.0181. The summed E-state index contributed by atoms with van der Waals surface area (Å²) in [6.07, 6.45) is 1.39. The molecule has 0 amide bonds. The number of anilines is 3. The SMILES string of the molecule is COc1ccc(Br)cc1Nc1ncnc(OC(C)C)c1N. The number of aromatic nitrogens is 2. The van der Waals surface area contributed by atoms with Gasteiger partial charge in [0.15, 0.2) is 5.82 Å². The molecule has 112 valence electrons. The van der Waals surface area contributed by atoms with E-state index in [9.17, 15) is 0 Å². The fourth-order valence-corrected chi connectivity index (χ4v) is 2.06. The predicted molar refractivity (Wildman–Crippen MR) is 86.2 cm³/mol. The molecule has 6 nitrogen and oxygen atoms in total. The number of halogens is 1. The summed E-state index contributed by atoms with van der Waals surface area (Å²) in [5.74, 6) is 1.51. The van der Waals surface area contributed by atoms with Crippen LogP contribution in [0.25, 0.3) is 0 Å². The van der Waals surface area contributed by atoms with Crippen LogP contribution in [0.1, 0.15) is 13.8 Å². The van der Waals surface area contributed by atoms with E-state index >= 15 is 0 Å². The first-order chi connectivity index (χ1) is 10.0. The third kappa shape index (κ3) is 3.75. The van der Waals surface area contributed by atoms with Crippen LogP contribution in [0.5, 0.6) is 11.6 Å². The van der Waals surface area contributed by atoms with E-state index in [2.05, 4.69) is 31.2 Å². The molecule has 3 N–H and O–H groups in total. The van der Waals surface area contributed by atoms with E-state index in [0.29, 0.717) is 23.1 Å². The Balaban J connectivity index is 2.34. The molecule has 0 saturated heterocycles. The molecule has 0 unspecified atom stereocenters. The van der Waals surface area contributed by atoms with Gasteiger partial charge in [0.05, 0.1) is 18.9 Å². The maximum Gasteiger partial charge on any atom is 0.242 e. The second-order valence-corrected chi connectivity index (χ2v) is 5.49. The Kier molecular flexibility index (Phi) is 4.85. The molecule has 0 fully saturated rings. The van der Waals surface area contributed by atoms with Gasteiger partial charge in [-0.05, 0) is 32.0 Å². The zero-order chi connectivity index (χ0) is 15.4. The number of nitrogens with two attached hydrogens (primary N) is 1. The summed E-state index contributed by atoms with van der Waals surface area (Å²) < 4.78 is 11.8. The van der Waals surface area contributed by atoms with Gasteiger partial charge in [0.2, 0.25) is 5.88 Å². The summed E-state index contributed by atoms with van der Waals surface area (Å²) in [6, 6.07) is 5.61. The number of rotatable bonds is 5. The lowest BCUT2D eigenvalue weighted by molar-refractivity contribution is 0.234. The van der Waals surface area contributed by atoms with Crippen LogP contribution in [0.3, 0.4) is 0 Å². The van der Waals surface area contributed by atoms with Gasteiger partial charge in [-0.25, -0.2) is 4.98 Å². The molecule has 2 aromatic rings. The molecule has 1 heterocycles. The number of nitrogens with zero attached hydrogens (tertiary/aromatic N) is 2. The van der Waals surface area contributed by atoms with Gasteiger partial charge in [-0.15, -0.1) is 0 Å². The van der Waals surface area contributed by atoms with Crippen molar-refractivity contribution in [3.05, 3.63) is 29.0 Å². The molecule has 0 bridgehead atoms. The van der Waals surface area contributed by atoms with E-state index in [0.717, 1.165) is 10.2 Å². The van der Waals surface area contributed by atoms with E-state index in [-0.39, 0.29) is 6.10 Å². The number of hydrogen-bond donors (Lipinski definition) is 2. The van der Waals surface area contributed by atoms with Crippen molar-refractivity contribution in [3.63, 3.8) is 0 Å². The van der Waals surface area contributed by atoms with Crippen LogP contribution >= 0.6 is 15.9 Å². The smallest absolute Gasteiger partial charge is 0.242 e. The van der Waals surface area contributed by atoms with Crippen LogP contribution < -0.4 is 20.5 Å². The van der Waals surface area contributed by atoms with Crippen LogP contribution in [0.4, 0.5) is 17.2 Å². The quantitative estimate of drug-likeness (QED) is 0.858. The van der Waals surface area contributed by atoms with E-state index in [1.807, 2.05) is 32.0 Å². The molecule has 0 aliphatic rings. The molecule has 2 rings (SSSR count). The third-order valence-corrected chi connectivity index (χ3v) is 3.10. The van der Waals surface area contributed by atoms with Crippen LogP contribution in [-0.4, -0.2) is 23.2 Å². The Morgan fingerprint density at radius 1 is 1.29 bits per heavy atom. The van der Waals surface area contributed by atoms with E-state index in [4.69, 9.17) is 15.2 Å². The summed E-state index contributed by atoms with van der Waals surface area (Å²) in [7, 11) is 1.60. The lowest BCUT2D eigenvalue weighted by Gasteiger charge is -2.15. The normalized spacial score (nSPS) is 10.5. The first-order valence-electron chi connectivity index (χ1n) is 6.39. The molecule has 7 heteroatoms. The third-order valence-electron chi connectivity index (χ3n) is 2.61. The van der Waals surface area contributed by atoms with Crippen molar-refractivity contribution in [2.45, 2.75) is 20.0 Å². The Morgan fingerprint density at radius 3 is 2.71 bits per heavy atom. The van der Waals surface area contributed by atoms with Gasteiger partial charge in [0, 0.05) is 4.47 Å². The molecular formula is C14H17BrN4O2. The fourth-order valence-electron chi connectivity index (χ4n) is 1.70. The molecule has 0 aliphatic heterocycles. The predicted octanol–water partition coefficient (Wildman–Crippen LogP) is 3.36. The van der Waals surface area contributed by atoms with Gasteiger partial charge >= 0.3 is 0 Å². The average molecular weight is 353 g/mol. The van der Waals surface area contributed by atoms with Gasteiger partial charge in [-0.2, -0.15) is 4.98 Å². The summed E-state index contributed by atoms with van der Waals surface area (Å²) in [5, 5.41) is 3.14. The zero-order valence-corrected chi connectivity index (χ0v) is 13.6. The van der Waals surface area contributed by atoms with Crippen LogP contribution in [0.15, 0.2) is 29.0 Å². The maximum absolute atomic E-state index is 6.04. The molecule has 0 radical (unpaired) electrons. The lowest BCUT2D eigenvalue weighted by Crippen LogP contribution is -2.11. The first kappa shape index (κ1) is 15.4. The Hall–Kier alpha value is -2.02. The van der Waals surface area contributed by atoms with Gasteiger partial charge in [-0.3, -0.25) is 0 Å². The maximum atomic E-state index is 6.04. The standard InChI is InChI=1S/C14H17BrN4O2/c1-8(2)21-14-12(16)13(17-7-18-14)19-10-6-9(15)4-5-11(10)20-3/h4-8H,16H2,1-3H3,(H,17,18,19). The molecule has 1 aromatic carbocycles. The highest BCUT2D eigenvalue weighted by molar-refractivity contribution is 9.10. The van der Waals surface area contributed by atoms with Crippen molar-refractivity contribution in [2.75, 3.05) is 18.2 Å². The van der Waals surface area contributed by atoms with Gasteiger partial charge in [0.25, 0.3) is 0 Å². The molecule has 0 saturated carbocycles. The number of hydrogen-bond acceptors (Lipinski definition) is 6. The molecule has 21 heavy (non-hydrogen) atoms. The monoisotopic (exact) mass is 352 g/mol. The van der Waals surface area contributed by atoms with Crippen molar-refractivity contribution < 1.29 is 9.47 Å². The zero-order valence-electron chi connectivity index (χ0n) is 12.1. The molecule has 0 spiro atoms. The molecule has 0 atom stereocenters. The van der Waals surface area contributed by atoms with Crippen molar-refractivity contribution in [2.24, 2.45) is 0 Å². The minimum Gasteiger partial charge on any atom is -0.495 e. The van der Waals surface area contributed by atoms with Gasteiger partial charge in [-0.1, -0.05) is 15.9 Å². The highest BCUT2D eigenvalue weighted by Gasteiger charge is 2.13. The van der Waals surface area contributed by atoms with Gasteiger partial charge in [0.1, 0.15) is 17.8 Å². The van der Waals surface area contributed by atoms with Crippen molar-refractivity contribution in [3.8, 4) is 11.6 Å². The number of benzene rings is 1. The highest BCUT2D eigenvalue weighted by atomic mass is 79.9. The Labute approximate surface area is 131 Å². The number of nitrogen functional groups attached to an aromatic ring is 1. The second kappa shape index (κ2) is 6.62. The van der Waals surface area contributed by atoms with E-state index in [1.165, 1.54) is 6.33 Å². The van der Waals surface area contributed by atoms with E-state index < -0.39 is 0 Å². The van der Waals surface area contributed by atoms with Crippen molar-refractivity contribution in [1.29, 1.82) is 0 Å². The number of ether oxygens (including phenoxy) is 2. The Morgan fingerprint density at radius 2 is 2.05 bits per heavy atom. The molecule has 1 aromatic heterocycles.